The van der Waals surface area contributed by atoms with Crippen LogP contribution in [0.1, 0.15) is 36.5 Å². The fourth-order valence-corrected chi connectivity index (χ4v) is 5.22. The Morgan fingerprint density at radius 1 is 1.23 bits per heavy atom. The topological polar surface area (TPSA) is 94.3 Å². The Balaban J connectivity index is 1.62. The van der Waals surface area contributed by atoms with Crippen LogP contribution in [-0.4, -0.2) is 25.6 Å². The molecule has 7 nitrogen and oxygen atoms in total. The van der Waals surface area contributed by atoms with Crippen LogP contribution in [-0.2, 0) is 28.3 Å². The molecular weight excluding hydrogens is 402 g/mol. The van der Waals surface area contributed by atoms with E-state index in [4.69, 9.17) is 9.72 Å². The van der Waals surface area contributed by atoms with Crippen molar-refractivity contribution in [3.05, 3.63) is 56.8 Å². The second kappa shape index (κ2) is 5.96. The maximum Gasteiger partial charge on any atom is 0.309 e. The number of hydrogen-bond acceptors (Lipinski definition) is 7. The van der Waals surface area contributed by atoms with Gasteiger partial charge in [-0.05, 0) is 36.2 Å². The van der Waals surface area contributed by atoms with Gasteiger partial charge >= 0.3 is 5.97 Å². The van der Waals surface area contributed by atoms with Gasteiger partial charge in [-0.3, -0.25) is 9.59 Å². The van der Waals surface area contributed by atoms with Gasteiger partial charge in [-0.25, -0.2) is 9.97 Å². The summed E-state index contributed by atoms with van der Waals surface area (Å²) in [6.07, 6.45) is 0.139. The molecule has 0 bridgehead atoms. The Labute approximate surface area is 174 Å². The van der Waals surface area contributed by atoms with E-state index < -0.39 is 11.6 Å². The van der Waals surface area contributed by atoms with Gasteiger partial charge in [0.05, 0.1) is 51.2 Å². The zero-order valence-corrected chi connectivity index (χ0v) is 17.0. The fourth-order valence-electron chi connectivity index (χ4n) is 4.53. The predicted octanol–water partition coefficient (Wildman–Crippen LogP) is 3.08. The Morgan fingerprint density at radius 3 is 2.93 bits per heavy atom. The molecule has 6 rings (SSSR count). The lowest BCUT2D eigenvalue weighted by Crippen LogP contribution is -2.32. The Hall–Kier alpha value is -3.10. The molecule has 0 spiro atoms. The number of benzene rings is 1. The van der Waals surface area contributed by atoms with E-state index in [9.17, 15) is 14.7 Å². The van der Waals surface area contributed by atoms with E-state index in [-0.39, 0.29) is 18.6 Å². The third-order valence-corrected chi connectivity index (χ3v) is 7.01. The number of carbonyl (C=O) groups is 1. The van der Waals surface area contributed by atoms with Crippen LogP contribution in [0.3, 0.4) is 0 Å². The molecule has 2 aliphatic heterocycles. The number of aliphatic hydroxyl groups is 1. The third kappa shape index (κ3) is 2.34. The zero-order chi connectivity index (χ0) is 20.6. The second-order valence-corrected chi connectivity index (χ2v) is 8.78. The van der Waals surface area contributed by atoms with Crippen LogP contribution in [0.2, 0.25) is 0 Å². The van der Waals surface area contributed by atoms with Gasteiger partial charge in [0.1, 0.15) is 12.2 Å². The molecule has 0 fully saturated rings. The molecule has 0 saturated carbocycles. The summed E-state index contributed by atoms with van der Waals surface area (Å²) in [5.74, 6) is -0.502. The highest BCUT2D eigenvalue weighted by Gasteiger charge is 2.39. The monoisotopic (exact) mass is 419 g/mol. The normalized spacial score (nSPS) is 20.0. The van der Waals surface area contributed by atoms with Gasteiger partial charge in [0.15, 0.2) is 0 Å². The van der Waals surface area contributed by atoms with E-state index in [0.717, 1.165) is 32.4 Å². The fraction of sp³-hybridized carbons (Fsp3) is 0.273. The molecule has 5 heterocycles. The van der Waals surface area contributed by atoms with E-state index in [0.29, 0.717) is 29.8 Å². The lowest BCUT2D eigenvalue weighted by Gasteiger charge is -2.26. The molecule has 1 atom stereocenters. The number of cyclic esters (lactones) is 1. The number of fused-ring (bicyclic) bond motifs is 6. The summed E-state index contributed by atoms with van der Waals surface area (Å²) in [7, 11) is 0. The second-order valence-electron chi connectivity index (χ2n) is 7.90. The number of pyridine rings is 2. The van der Waals surface area contributed by atoms with Crippen molar-refractivity contribution in [2.45, 2.75) is 38.5 Å². The van der Waals surface area contributed by atoms with Crippen LogP contribution < -0.4 is 5.56 Å². The van der Waals surface area contributed by atoms with Crippen molar-refractivity contribution in [1.29, 1.82) is 0 Å². The molecule has 0 amide bonds. The summed E-state index contributed by atoms with van der Waals surface area (Å²) >= 11 is 1.56. The minimum absolute atomic E-state index is 0.122. The van der Waals surface area contributed by atoms with Crippen molar-refractivity contribution < 1.29 is 14.6 Å². The molecular formula is C22H17N3O4S. The Morgan fingerprint density at radius 2 is 2.10 bits per heavy atom. The maximum absolute atomic E-state index is 13.3. The number of ether oxygens (including phenoxy) is 1. The average molecular weight is 419 g/mol. The predicted molar refractivity (Wildman–Crippen MR) is 112 cm³/mol. The van der Waals surface area contributed by atoms with E-state index in [2.05, 4.69) is 11.1 Å². The van der Waals surface area contributed by atoms with E-state index in [1.165, 1.54) is 0 Å². The first-order chi connectivity index (χ1) is 14.5. The largest absolute Gasteiger partial charge is 0.460 e. The van der Waals surface area contributed by atoms with Crippen LogP contribution in [0.5, 0.6) is 0 Å². The summed E-state index contributed by atoms with van der Waals surface area (Å²) in [5, 5.41) is 12.2. The number of hydrogen-bond donors (Lipinski definition) is 1. The van der Waals surface area contributed by atoms with Gasteiger partial charge in [-0.1, -0.05) is 6.92 Å². The molecule has 8 heteroatoms. The number of rotatable bonds is 1. The van der Waals surface area contributed by atoms with Gasteiger partial charge in [0, 0.05) is 10.9 Å². The molecule has 1 unspecified atom stereocenters. The van der Waals surface area contributed by atoms with Crippen molar-refractivity contribution in [3.8, 4) is 11.4 Å². The Bertz CT molecular complexity index is 1450. The van der Waals surface area contributed by atoms with Crippen molar-refractivity contribution in [2.75, 3.05) is 0 Å². The molecule has 30 heavy (non-hydrogen) atoms. The Kier molecular flexibility index (Phi) is 3.52. The van der Waals surface area contributed by atoms with Gasteiger partial charge in [0.2, 0.25) is 0 Å². The quantitative estimate of drug-likeness (QED) is 0.420. The molecule has 0 radical (unpaired) electrons. The SMILES string of the molecule is CCC1(O)CC(=O)OCc2c1cc1n(c2=O)Cc2cc3cc4ncsc4cc3nc2-1. The molecule has 3 aromatic heterocycles. The van der Waals surface area contributed by atoms with Crippen molar-refractivity contribution in [3.63, 3.8) is 0 Å². The molecule has 150 valence electrons. The molecule has 2 aliphatic rings. The van der Waals surface area contributed by atoms with Crippen LogP contribution >= 0.6 is 11.3 Å². The molecule has 0 aliphatic carbocycles. The number of aromatic nitrogens is 3. The first kappa shape index (κ1) is 17.7. The number of thiazole rings is 1. The molecule has 1 N–H and O–H groups in total. The summed E-state index contributed by atoms with van der Waals surface area (Å²) in [5.41, 5.74) is 5.09. The van der Waals surface area contributed by atoms with Gasteiger partial charge in [-0.15, -0.1) is 11.3 Å². The average Bonchev–Trinajstić information content (AvgIpc) is 3.29. The number of carbonyl (C=O) groups excluding carboxylic acids is 1. The minimum atomic E-state index is -1.42. The van der Waals surface area contributed by atoms with E-state index in [1.54, 1.807) is 22.8 Å². The maximum atomic E-state index is 13.3. The highest BCUT2D eigenvalue weighted by Crippen LogP contribution is 2.39. The molecule has 1 aromatic carbocycles. The summed E-state index contributed by atoms with van der Waals surface area (Å²) in [6.45, 7) is 2.07. The van der Waals surface area contributed by atoms with E-state index >= 15 is 0 Å². The van der Waals surface area contributed by atoms with Gasteiger partial charge in [0.25, 0.3) is 5.56 Å². The first-order valence-corrected chi connectivity index (χ1v) is 10.7. The smallest absolute Gasteiger partial charge is 0.309 e. The molecule has 0 saturated heterocycles. The van der Waals surface area contributed by atoms with Crippen molar-refractivity contribution >= 4 is 38.4 Å². The zero-order valence-electron chi connectivity index (χ0n) is 16.1. The minimum Gasteiger partial charge on any atom is -0.460 e. The summed E-state index contributed by atoms with van der Waals surface area (Å²) in [4.78, 5) is 34.6. The van der Waals surface area contributed by atoms with Crippen LogP contribution in [0.15, 0.2) is 34.6 Å². The lowest BCUT2D eigenvalue weighted by molar-refractivity contribution is -0.149. The number of esters is 1. The highest BCUT2D eigenvalue weighted by molar-refractivity contribution is 7.16. The van der Waals surface area contributed by atoms with Crippen molar-refractivity contribution in [1.82, 2.24) is 14.5 Å². The standard InChI is InChI=1S/C22H17N3O4S/c1-2-22(28)7-19(26)29-9-13-14(22)5-17-20-12(8-25(17)21(13)27)3-11-4-16-18(30-10-23-16)6-15(11)24-20/h3-6,10,28H,2,7-9H2,1H3. The van der Waals surface area contributed by atoms with Gasteiger partial charge < -0.3 is 14.4 Å². The van der Waals surface area contributed by atoms with Crippen molar-refractivity contribution in [2.24, 2.45) is 0 Å². The van der Waals surface area contributed by atoms with E-state index in [1.807, 2.05) is 23.7 Å². The number of nitrogens with zero attached hydrogens (tertiary/aromatic N) is 3. The van der Waals surface area contributed by atoms with Gasteiger partial charge in [-0.2, -0.15) is 0 Å². The van der Waals surface area contributed by atoms with Crippen LogP contribution in [0.25, 0.3) is 32.5 Å². The highest BCUT2D eigenvalue weighted by atomic mass is 32.1. The van der Waals surface area contributed by atoms with Crippen LogP contribution in [0.4, 0.5) is 0 Å². The lowest BCUT2D eigenvalue weighted by atomic mass is 9.85. The van der Waals surface area contributed by atoms with Crippen LogP contribution in [0, 0.1) is 0 Å². The summed E-state index contributed by atoms with van der Waals surface area (Å²) in [6, 6.07) is 7.91. The third-order valence-electron chi connectivity index (χ3n) is 6.22. The molecule has 4 aromatic rings. The first-order valence-electron chi connectivity index (χ1n) is 9.79. The summed E-state index contributed by atoms with van der Waals surface area (Å²) < 4.78 is 7.93.